The van der Waals surface area contributed by atoms with Crippen molar-refractivity contribution in [2.45, 2.75) is 51.2 Å². The summed E-state index contributed by atoms with van der Waals surface area (Å²) in [5.74, 6) is -0.810. The fraction of sp³-hybridized carbons (Fsp3) is 0.714. The molecule has 5 nitrogen and oxygen atoms in total. The molecule has 0 aromatic carbocycles. The molecule has 5 heteroatoms. The summed E-state index contributed by atoms with van der Waals surface area (Å²) in [6.45, 7) is 1.48. The van der Waals surface area contributed by atoms with E-state index in [-0.39, 0.29) is 23.8 Å². The standard InChI is InChI=1S/C14H19NO4/c1-9(16)14-10-6-4-2-3-5-7-13(17)19-12(10)8-11(14)15-18/h2,4,10-12,14H,3,5-8H2,1H3/b4-2-/t10-,11+,12-,14+/m0/s1. The normalized spacial score (nSPS) is 37.0. The number of fused-ring (bicyclic) bond motifs is 1. The van der Waals surface area contributed by atoms with Crippen LogP contribution < -0.4 is 0 Å². The fourth-order valence-electron chi connectivity index (χ4n) is 3.15. The van der Waals surface area contributed by atoms with E-state index >= 15 is 0 Å². The summed E-state index contributed by atoms with van der Waals surface area (Å²) in [5.41, 5.74) is 0. The summed E-state index contributed by atoms with van der Waals surface area (Å²) >= 11 is 0. The van der Waals surface area contributed by atoms with Gasteiger partial charge in [0.2, 0.25) is 0 Å². The van der Waals surface area contributed by atoms with Gasteiger partial charge in [-0.25, -0.2) is 0 Å². The monoisotopic (exact) mass is 265 g/mol. The first-order chi connectivity index (χ1) is 9.13. The van der Waals surface area contributed by atoms with Crippen molar-refractivity contribution in [2.24, 2.45) is 17.0 Å². The molecule has 0 aromatic rings. The van der Waals surface area contributed by atoms with Crippen LogP contribution in [0.4, 0.5) is 0 Å². The first kappa shape index (κ1) is 13.9. The molecule has 1 aliphatic carbocycles. The van der Waals surface area contributed by atoms with Gasteiger partial charge < -0.3 is 4.74 Å². The van der Waals surface area contributed by atoms with Crippen molar-refractivity contribution in [3.8, 4) is 0 Å². The third-order valence-corrected chi connectivity index (χ3v) is 4.04. The number of Topliss-reactive ketones (excluding diaryl/α,β-unsaturated/α-hetero) is 1. The third-order valence-electron chi connectivity index (χ3n) is 4.04. The molecule has 0 spiro atoms. The zero-order valence-corrected chi connectivity index (χ0v) is 11.1. The summed E-state index contributed by atoms with van der Waals surface area (Å²) in [7, 11) is 0. The number of esters is 1. The van der Waals surface area contributed by atoms with E-state index in [2.05, 4.69) is 5.18 Å². The molecule has 0 radical (unpaired) electrons. The summed E-state index contributed by atoms with van der Waals surface area (Å²) in [4.78, 5) is 34.3. The zero-order chi connectivity index (χ0) is 13.8. The topological polar surface area (TPSA) is 72.8 Å². The highest BCUT2D eigenvalue weighted by molar-refractivity contribution is 5.80. The van der Waals surface area contributed by atoms with Crippen LogP contribution in [0.5, 0.6) is 0 Å². The van der Waals surface area contributed by atoms with Crippen molar-refractivity contribution in [1.29, 1.82) is 0 Å². The van der Waals surface area contributed by atoms with Gasteiger partial charge in [-0.1, -0.05) is 17.3 Å². The van der Waals surface area contributed by atoms with Gasteiger partial charge in [0, 0.05) is 24.7 Å². The van der Waals surface area contributed by atoms with E-state index in [4.69, 9.17) is 4.74 Å². The van der Waals surface area contributed by atoms with Crippen LogP contribution in [0, 0.1) is 16.7 Å². The lowest BCUT2D eigenvalue weighted by molar-refractivity contribution is -0.151. The number of carbonyl (C=O) groups is 2. The van der Waals surface area contributed by atoms with Crippen molar-refractivity contribution in [3.05, 3.63) is 17.1 Å². The maximum atomic E-state index is 11.7. The van der Waals surface area contributed by atoms with Gasteiger partial charge in [0.15, 0.2) is 0 Å². The number of hydrogen-bond acceptors (Lipinski definition) is 5. The second-order valence-electron chi connectivity index (χ2n) is 5.34. The molecule has 19 heavy (non-hydrogen) atoms. The van der Waals surface area contributed by atoms with Crippen LogP contribution in [0.25, 0.3) is 0 Å². The maximum Gasteiger partial charge on any atom is 0.306 e. The first-order valence-corrected chi connectivity index (χ1v) is 6.81. The number of hydrogen-bond donors (Lipinski definition) is 0. The molecule has 1 saturated carbocycles. The Balaban J connectivity index is 2.23. The number of rotatable bonds is 2. The predicted molar refractivity (Wildman–Crippen MR) is 69.3 cm³/mol. The Kier molecular flexibility index (Phi) is 4.45. The minimum atomic E-state index is -0.561. The zero-order valence-electron chi connectivity index (χ0n) is 11.1. The van der Waals surface area contributed by atoms with Gasteiger partial charge in [-0.3, -0.25) is 9.59 Å². The number of ketones is 1. The van der Waals surface area contributed by atoms with Gasteiger partial charge in [0.1, 0.15) is 17.9 Å². The maximum absolute atomic E-state index is 11.7. The second-order valence-corrected chi connectivity index (χ2v) is 5.34. The van der Waals surface area contributed by atoms with Crippen LogP contribution in [0.15, 0.2) is 17.3 Å². The SMILES string of the molecule is CC(=O)[C@@H]1[C@H]2C/C=C\CCCC(=O)O[C@H]2C[C@H]1N=O. The van der Waals surface area contributed by atoms with Crippen molar-refractivity contribution in [1.82, 2.24) is 0 Å². The molecule has 0 amide bonds. The Hall–Kier alpha value is -1.52. The van der Waals surface area contributed by atoms with E-state index in [9.17, 15) is 14.5 Å². The van der Waals surface area contributed by atoms with E-state index in [0.29, 0.717) is 19.3 Å². The number of ether oxygens (including phenoxy) is 1. The van der Waals surface area contributed by atoms with E-state index < -0.39 is 12.0 Å². The average Bonchev–Trinajstić information content (AvgIpc) is 2.72. The van der Waals surface area contributed by atoms with E-state index in [1.807, 2.05) is 12.2 Å². The van der Waals surface area contributed by atoms with Crippen LogP contribution in [0.2, 0.25) is 0 Å². The van der Waals surface area contributed by atoms with Crippen LogP contribution in [-0.2, 0) is 14.3 Å². The molecule has 0 aromatic heterocycles. The summed E-state index contributed by atoms with van der Waals surface area (Å²) in [6.07, 6.45) is 6.75. The Morgan fingerprint density at radius 3 is 2.89 bits per heavy atom. The minimum Gasteiger partial charge on any atom is -0.462 e. The van der Waals surface area contributed by atoms with Crippen molar-refractivity contribution in [2.75, 3.05) is 0 Å². The Morgan fingerprint density at radius 1 is 1.42 bits per heavy atom. The Morgan fingerprint density at radius 2 is 2.21 bits per heavy atom. The molecule has 4 atom stereocenters. The summed E-state index contributed by atoms with van der Waals surface area (Å²) < 4.78 is 5.44. The lowest BCUT2D eigenvalue weighted by atomic mass is 9.87. The summed E-state index contributed by atoms with van der Waals surface area (Å²) in [5, 5.41) is 3.06. The highest BCUT2D eigenvalue weighted by Crippen LogP contribution is 2.40. The van der Waals surface area contributed by atoms with Gasteiger partial charge in [-0.2, -0.15) is 4.91 Å². The molecule has 2 aliphatic rings. The highest BCUT2D eigenvalue weighted by atomic mass is 16.5. The molecule has 0 bridgehead atoms. The molecule has 1 heterocycles. The second kappa shape index (κ2) is 6.08. The predicted octanol–water partition coefficient (Wildman–Crippen LogP) is 2.39. The average molecular weight is 265 g/mol. The van der Waals surface area contributed by atoms with Gasteiger partial charge in [0.05, 0.1) is 0 Å². The molecule has 0 unspecified atom stereocenters. The molecule has 0 saturated heterocycles. The van der Waals surface area contributed by atoms with Crippen molar-refractivity contribution in [3.63, 3.8) is 0 Å². The molecule has 1 fully saturated rings. The highest BCUT2D eigenvalue weighted by Gasteiger charge is 2.47. The molecule has 0 N–H and O–H groups in total. The lowest BCUT2D eigenvalue weighted by Gasteiger charge is -2.23. The van der Waals surface area contributed by atoms with Gasteiger partial charge in [-0.05, 0) is 26.2 Å². The fourth-order valence-corrected chi connectivity index (χ4v) is 3.15. The van der Waals surface area contributed by atoms with Crippen LogP contribution in [0.1, 0.15) is 39.0 Å². The molecule has 104 valence electrons. The smallest absolute Gasteiger partial charge is 0.306 e. The van der Waals surface area contributed by atoms with Crippen molar-refractivity contribution >= 4 is 11.8 Å². The van der Waals surface area contributed by atoms with E-state index in [0.717, 1.165) is 12.8 Å². The number of carbonyl (C=O) groups excluding carboxylic acids is 2. The Labute approximate surface area is 112 Å². The van der Waals surface area contributed by atoms with E-state index in [1.54, 1.807) is 0 Å². The van der Waals surface area contributed by atoms with Crippen molar-refractivity contribution < 1.29 is 14.3 Å². The number of allylic oxidation sites excluding steroid dienone is 2. The first-order valence-electron chi connectivity index (χ1n) is 6.81. The minimum absolute atomic E-state index is 0.0430. The van der Waals surface area contributed by atoms with Crippen LogP contribution in [-0.4, -0.2) is 23.9 Å². The molecular weight excluding hydrogens is 246 g/mol. The largest absolute Gasteiger partial charge is 0.462 e. The quantitative estimate of drug-likeness (QED) is 0.436. The molecular formula is C14H19NO4. The van der Waals surface area contributed by atoms with Gasteiger partial charge in [-0.15, -0.1) is 0 Å². The third kappa shape index (κ3) is 3.08. The summed E-state index contributed by atoms with van der Waals surface area (Å²) in [6, 6.07) is -0.561. The Bertz CT molecular complexity index is 404. The van der Waals surface area contributed by atoms with Gasteiger partial charge >= 0.3 is 5.97 Å². The number of nitroso groups, excluding NO2 is 1. The number of nitrogens with zero attached hydrogens (tertiary/aromatic N) is 1. The van der Waals surface area contributed by atoms with Crippen LogP contribution >= 0.6 is 0 Å². The van der Waals surface area contributed by atoms with Gasteiger partial charge in [0.25, 0.3) is 0 Å². The van der Waals surface area contributed by atoms with E-state index in [1.165, 1.54) is 6.92 Å². The molecule has 2 rings (SSSR count). The molecule has 1 aliphatic heterocycles. The van der Waals surface area contributed by atoms with Crippen LogP contribution in [0.3, 0.4) is 0 Å². The lowest BCUT2D eigenvalue weighted by Crippen LogP contribution is -2.29.